The summed E-state index contributed by atoms with van der Waals surface area (Å²) in [5, 5.41) is 0. The van der Waals surface area contributed by atoms with Crippen molar-refractivity contribution in [1.82, 2.24) is 4.90 Å². The molecule has 63 valence electrons. The first kappa shape index (κ1) is 7.60. The van der Waals surface area contributed by atoms with Crippen LogP contribution in [0.2, 0.25) is 0 Å². The monoisotopic (exact) mass is 152 g/mol. The summed E-state index contributed by atoms with van der Waals surface area (Å²) in [6, 6.07) is 1.88. The first-order chi connectivity index (χ1) is 5.42. The van der Waals surface area contributed by atoms with Crippen molar-refractivity contribution in [2.24, 2.45) is 0 Å². The van der Waals surface area contributed by atoms with Crippen LogP contribution >= 0.6 is 0 Å². The molecule has 1 heteroatoms. The van der Waals surface area contributed by atoms with Gasteiger partial charge in [-0.05, 0) is 38.6 Å². The summed E-state index contributed by atoms with van der Waals surface area (Å²) in [6.45, 7) is 3.57. The Morgan fingerprint density at radius 3 is 2.27 bits per heavy atom. The maximum Gasteiger partial charge on any atom is 0.0104 e. The molecule has 0 saturated heterocycles. The van der Waals surface area contributed by atoms with E-state index in [1.165, 1.54) is 38.6 Å². The van der Waals surface area contributed by atoms with Gasteiger partial charge in [0.15, 0.2) is 0 Å². The van der Waals surface area contributed by atoms with Crippen molar-refractivity contribution in [2.45, 2.75) is 51.1 Å². The van der Waals surface area contributed by atoms with E-state index < -0.39 is 0 Å². The predicted octanol–water partition coefficient (Wildman–Crippen LogP) is 2.23. The lowest BCUT2D eigenvalue weighted by Gasteiger charge is -2.45. The van der Waals surface area contributed by atoms with Crippen LogP contribution in [0.3, 0.4) is 0 Å². The summed E-state index contributed by atoms with van der Waals surface area (Å²) in [5.41, 5.74) is 0. The van der Waals surface area contributed by atoms with Gasteiger partial charge < -0.3 is 0 Å². The van der Waals surface area contributed by atoms with Gasteiger partial charge in [-0.3, -0.25) is 4.90 Å². The third kappa shape index (κ3) is 1.31. The maximum atomic E-state index is 2.71. The topological polar surface area (TPSA) is 3.24 Å². The molecule has 0 aliphatic heterocycles. The molecule has 0 heterocycles. The number of hydrogen-bond acceptors (Lipinski definition) is 1. The average molecular weight is 152 g/mol. The fourth-order valence-electron chi connectivity index (χ4n) is 2.12. The molecule has 2 saturated carbocycles. The molecule has 0 unspecified atom stereocenters. The Morgan fingerprint density at radius 1 is 1.27 bits per heavy atom. The van der Waals surface area contributed by atoms with Crippen LogP contribution in [0.25, 0.3) is 0 Å². The van der Waals surface area contributed by atoms with Crippen LogP contribution in [0.1, 0.15) is 39.0 Å². The summed E-state index contributed by atoms with van der Waals surface area (Å²) >= 11 is 0. The quantitative estimate of drug-likeness (QED) is 0.599. The largest absolute Gasteiger partial charge is 0.298 e. The molecule has 11 heavy (non-hydrogen) atoms. The molecular formula is C10H18N. The Morgan fingerprint density at radius 2 is 2.00 bits per heavy atom. The maximum absolute atomic E-state index is 2.71. The van der Waals surface area contributed by atoms with Crippen molar-refractivity contribution in [3.63, 3.8) is 0 Å². The lowest BCUT2D eigenvalue weighted by atomic mass is 9.85. The fraction of sp³-hybridized carbons (Fsp3) is 0.900. The van der Waals surface area contributed by atoms with Gasteiger partial charge in [0.05, 0.1) is 0 Å². The molecule has 2 fully saturated rings. The number of hydrogen-bond donors (Lipinski definition) is 0. The summed E-state index contributed by atoms with van der Waals surface area (Å²) in [6.07, 6.45) is 9.51. The molecule has 0 spiro atoms. The fourth-order valence-corrected chi connectivity index (χ4v) is 2.12. The van der Waals surface area contributed by atoms with Gasteiger partial charge in [-0.1, -0.05) is 13.3 Å². The second kappa shape index (κ2) is 3.14. The van der Waals surface area contributed by atoms with E-state index in [1.54, 1.807) is 0 Å². The zero-order valence-corrected chi connectivity index (χ0v) is 7.42. The summed E-state index contributed by atoms with van der Waals surface area (Å²) in [5.74, 6) is 0. The van der Waals surface area contributed by atoms with Gasteiger partial charge in [-0.15, -0.1) is 0 Å². The van der Waals surface area contributed by atoms with E-state index in [1.807, 2.05) is 0 Å². The van der Waals surface area contributed by atoms with Gasteiger partial charge in [0.25, 0.3) is 0 Å². The van der Waals surface area contributed by atoms with Crippen molar-refractivity contribution in [3.8, 4) is 0 Å². The standard InChI is InChI=1S/C10H18N/c1-2-11(9-5-3-6-9)10-7-4-8-10/h3,9-10H,2,4-8H2,1H3. The van der Waals surface area contributed by atoms with Crippen molar-refractivity contribution >= 4 is 0 Å². The Kier molecular flexibility index (Phi) is 2.17. The van der Waals surface area contributed by atoms with Crippen molar-refractivity contribution < 1.29 is 0 Å². The van der Waals surface area contributed by atoms with Gasteiger partial charge in [0.2, 0.25) is 0 Å². The Labute approximate surface area is 69.8 Å². The van der Waals surface area contributed by atoms with Crippen LogP contribution in [0.15, 0.2) is 0 Å². The molecule has 0 aromatic rings. The number of rotatable bonds is 3. The number of nitrogens with zero attached hydrogens (tertiary/aromatic N) is 1. The van der Waals surface area contributed by atoms with Gasteiger partial charge >= 0.3 is 0 Å². The molecule has 2 aliphatic rings. The molecule has 0 N–H and O–H groups in total. The molecule has 0 atom stereocenters. The molecular weight excluding hydrogens is 134 g/mol. The minimum absolute atomic E-state index is 0.922. The van der Waals surface area contributed by atoms with Crippen molar-refractivity contribution in [3.05, 3.63) is 6.42 Å². The van der Waals surface area contributed by atoms with Crippen molar-refractivity contribution in [1.29, 1.82) is 0 Å². The van der Waals surface area contributed by atoms with Crippen LogP contribution in [0.5, 0.6) is 0 Å². The van der Waals surface area contributed by atoms with Crippen molar-refractivity contribution in [2.75, 3.05) is 6.54 Å². The molecule has 0 aromatic heterocycles. The van der Waals surface area contributed by atoms with E-state index in [0.717, 1.165) is 12.1 Å². The van der Waals surface area contributed by atoms with E-state index in [-0.39, 0.29) is 0 Å². The molecule has 2 rings (SSSR count). The normalized spacial score (nSPS) is 26.7. The smallest absolute Gasteiger partial charge is 0.0104 e. The SMILES string of the molecule is CCN(C1C[CH]C1)C1CCC1. The zero-order valence-electron chi connectivity index (χ0n) is 7.42. The highest BCUT2D eigenvalue weighted by atomic mass is 15.2. The van der Waals surface area contributed by atoms with Gasteiger partial charge in [0, 0.05) is 12.1 Å². The second-order valence-corrected chi connectivity index (χ2v) is 3.83. The lowest BCUT2D eigenvalue weighted by Crippen LogP contribution is -2.49. The summed E-state index contributed by atoms with van der Waals surface area (Å²) < 4.78 is 0. The Balaban J connectivity index is 1.83. The van der Waals surface area contributed by atoms with E-state index in [4.69, 9.17) is 0 Å². The minimum atomic E-state index is 0.922. The van der Waals surface area contributed by atoms with E-state index >= 15 is 0 Å². The third-order valence-corrected chi connectivity index (χ3v) is 3.26. The van der Waals surface area contributed by atoms with Gasteiger partial charge in [-0.2, -0.15) is 0 Å². The zero-order chi connectivity index (χ0) is 7.68. The Bertz CT molecular complexity index is 111. The molecule has 0 bridgehead atoms. The average Bonchev–Trinajstić information content (AvgIpc) is 1.78. The van der Waals surface area contributed by atoms with Crippen LogP contribution in [0.4, 0.5) is 0 Å². The molecule has 0 aromatic carbocycles. The van der Waals surface area contributed by atoms with E-state index in [2.05, 4.69) is 18.2 Å². The lowest BCUT2D eigenvalue weighted by molar-refractivity contribution is 0.0645. The van der Waals surface area contributed by atoms with E-state index in [0.29, 0.717) is 0 Å². The highest BCUT2D eigenvalue weighted by molar-refractivity contribution is 4.96. The Hall–Kier alpha value is -0.0400. The second-order valence-electron chi connectivity index (χ2n) is 3.83. The molecule has 2 aliphatic carbocycles. The predicted molar refractivity (Wildman–Crippen MR) is 47.3 cm³/mol. The van der Waals surface area contributed by atoms with Crippen LogP contribution in [-0.2, 0) is 0 Å². The summed E-state index contributed by atoms with van der Waals surface area (Å²) in [7, 11) is 0. The van der Waals surface area contributed by atoms with Crippen LogP contribution in [0, 0.1) is 6.42 Å². The summed E-state index contributed by atoms with van der Waals surface area (Å²) in [4.78, 5) is 2.71. The van der Waals surface area contributed by atoms with Crippen LogP contribution in [-0.4, -0.2) is 23.5 Å². The third-order valence-electron chi connectivity index (χ3n) is 3.26. The minimum Gasteiger partial charge on any atom is -0.298 e. The first-order valence-electron chi connectivity index (χ1n) is 4.99. The highest BCUT2D eigenvalue weighted by Gasteiger charge is 2.32. The van der Waals surface area contributed by atoms with E-state index in [9.17, 15) is 0 Å². The molecule has 1 nitrogen and oxygen atoms in total. The highest BCUT2D eigenvalue weighted by Crippen LogP contribution is 2.32. The molecule has 0 amide bonds. The van der Waals surface area contributed by atoms with Crippen LogP contribution < -0.4 is 0 Å². The van der Waals surface area contributed by atoms with Gasteiger partial charge in [0.1, 0.15) is 0 Å². The molecule has 1 radical (unpaired) electrons. The first-order valence-corrected chi connectivity index (χ1v) is 4.99. The van der Waals surface area contributed by atoms with Gasteiger partial charge in [-0.25, -0.2) is 0 Å².